The second-order valence-electron chi connectivity index (χ2n) is 5.43. The molecule has 1 fully saturated rings. The van der Waals surface area contributed by atoms with Crippen molar-refractivity contribution in [1.29, 1.82) is 5.26 Å². The molecule has 2 atom stereocenters. The van der Waals surface area contributed by atoms with E-state index in [1.165, 1.54) is 19.4 Å². The molecule has 3 nitrogen and oxygen atoms in total. The Balaban J connectivity index is 2.46. The van der Waals surface area contributed by atoms with Gasteiger partial charge < -0.3 is 10.2 Å². The van der Waals surface area contributed by atoms with Crippen LogP contribution in [0.5, 0.6) is 0 Å². The molecule has 0 amide bonds. The Hall–Kier alpha value is -0.590. The number of hydrogen-bond acceptors (Lipinski definition) is 3. The molecule has 1 rings (SSSR count). The maximum atomic E-state index is 9.10. The molecule has 0 radical (unpaired) electrons. The quantitative estimate of drug-likeness (QED) is 0.775. The van der Waals surface area contributed by atoms with E-state index < -0.39 is 0 Å². The molecular formula is C13H25N3. The molecule has 1 aliphatic heterocycles. The van der Waals surface area contributed by atoms with E-state index in [-0.39, 0.29) is 5.54 Å². The van der Waals surface area contributed by atoms with Gasteiger partial charge in [0.1, 0.15) is 5.54 Å². The molecule has 0 aromatic heterocycles. The summed E-state index contributed by atoms with van der Waals surface area (Å²) in [5.41, 5.74) is -0.371. The van der Waals surface area contributed by atoms with Crippen LogP contribution in [0.15, 0.2) is 0 Å². The van der Waals surface area contributed by atoms with Crippen molar-refractivity contribution >= 4 is 0 Å². The van der Waals surface area contributed by atoms with Crippen LogP contribution in [0.3, 0.4) is 0 Å². The Morgan fingerprint density at radius 2 is 2.25 bits per heavy atom. The van der Waals surface area contributed by atoms with Crippen LogP contribution in [0.2, 0.25) is 0 Å². The van der Waals surface area contributed by atoms with Crippen molar-refractivity contribution in [3.63, 3.8) is 0 Å². The fourth-order valence-electron chi connectivity index (χ4n) is 2.49. The average Bonchev–Trinajstić information content (AvgIpc) is 2.74. The van der Waals surface area contributed by atoms with Crippen molar-refractivity contribution in [1.82, 2.24) is 10.2 Å². The van der Waals surface area contributed by atoms with Gasteiger partial charge in [0.05, 0.1) is 6.07 Å². The molecule has 1 heterocycles. The third kappa shape index (κ3) is 3.20. The summed E-state index contributed by atoms with van der Waals surface area (Å²) in [5, 5.41) is 12.2. The topological polar surface area (TPSA) is 39.1 Å². The Bertz CT molecular complexity index is 256. The summed E-state index contributed by atoms with van der Waals surface area (Å²) in [6.45, 7) is 8.81. The van der Waals surface area contributed by atoms with E-state index >= 15 is 0 Å². The van der Waals surface area contributed by atoms with Gasteiger partial charge in [-0.1, -0.05) is 13.8 Å². The van der Waals surface area contributed by atoms with Crippen molar-refractivity contribution < 1.29 is 0 Å². The van der Waals surface area contributed by atoms with E-state index in [0.29, 0.717) is 0 Å². The summed E-state index contributed by atoms with van der Waals surface area (Å²) in [6, 6.07) is 3.08. The second-order valence-corrected chi connectivity index (χ2v) is 5.43. The molecule has 16 heavy (non-hydrogen) atoms. The van der Waals surface area contributed by atoms with E-state index in [9.17, 15) is 0 Å². The molecule has 1 N–H and O–H groups in total. The molecule has 0 aliphatic carbocycles. The van der Waals surface area contributed by atoms with Gasteiger partial charge in [0.15, 0.2) is 0 Å². The summed E-state index contributed by atoms with van der Waals surface area (Å²) >= 11 is 0. The van der Waals surface area contributed by atoms with Gasteiger partial charge in [0.25, 0.3) is 0 Å². The standard InChI is InChI=1S/C13H25N3/c1-11(2)12-6-5-8-16(12)9-7-13(3,10-14)15-4/h11-12,15H,5-9H2,1-4H3. The van der Waals surface area contributed by atoms with E-state index in [1.807, 2.05) is 14.0 Å². The monoisotopic (exact) mass is 223 g/mol. The Kier molecular flexibility index (Phi) is 4.76. The van der Waals surface area contributed by atoms with Crippen molar-refractivity contribution in [2.24, 2.45) is 5.92 Å². The number of hydrogen-bond donors (Lipinski definition) is 1. The van der Waals surface area contributed by atoms with Crippen molar-refractivity contribution in [3.05, 3.63) is 0 Å². The van der Waals surface area contributed by atoms with Gasteiger partial charge in [0.2, 0.25) is 0 Å². The van der Waals surface area contributed by atoms with Crippen LogP contribution in [-0.4, -0.2) is 36.6 Å². The van der Waals surface area contributed by atoms with Crippen LogP contribution < -0.4 is 5.32 Å². The van der Waals surface area contributed by atoms with Gasteiger partial charge in [-0.25, -0.2) is 0 Å². The first kappa shape index (κ1) is 13.5. The lowest BCUT2D eigenvalue weighted by atomic mass is 9.98. The number of rotatable bonds is 5. The molecule has 1 saturated heterocycles. The normalized spacial score (nSPS) is 25.6. The highest BCUT2D eigenvalue weighted by Gasteiger charge is 2.29. The Morgan fingerprint density at radius 3 is 2.75 bits per heavy atom. The summed E-state index contributed by atoms with van der Waals surface area (Å²) in [4.78, 5) is 2.55. The van der Waals surface area contributed by atoms with Crippen molar-refractivity contribution in [2.75, 3.05) is 20.1 Å². The van der Waals surface area contributed by atoms with E-state index in [2.05, 4.69) is 30.1 Å². The molecular weight excluding hydrogens is 198 g/mol. The molecule has 0 aromatic rings. The van der Waals surface area contributed by atoms with E-state index in [0.717, 1.165) is 24.9 Å². The van der Waals surface area contributed by atoms with Gasteiger partial charge in [-0.15, -0.1) is 0 Å². The molecule has 2 unspecified atom stereocenters. The Morgan fingerprint density at radius 1 is 1.56 bits per heavy atom. The van der Waals surface area contributed by atoms with Crippen LogP contribution in [0.25, 0.3) is 0 Å². The number of nitrogens with one attached hydrogen (secondary N) is 1. The zero-order chi connectivity index (χ0) is 12.2. The minimum absolute atomic E-state index is 0.371. The lowest BCUT2D eigenvalue weighted by Crippen LogP contribution is -2.43. The maximum absolute atomic E-state index is 9.10. The third-order valence-corrected chi connectivity index (χ3v) is 3.88. The first-order chi connectivity index (χ1) is 7.52. The summed E-state index contributed by atoms with van der Waals surface area (Å²) in [7, 11) is 1.87. The SMILES string of the molecule is CNC(C)(C#N)CCN1CCCC1C(C)C. The van der Waals surface area contributed by atoms with Crippen molar-refractivity contribution in [2.45, 2.75) is 51.6 Å². The summed E-state index contributed by atoms with van der Waals surface area (Å²) in [5.74, 6) is 0.727. The fourth-order valence-corrected chi connectivity index (χ4v) is 2.49. The van der Waals surface area contributed by atoms with Crippen LogP contribution in [0, 0.1) is 17.2 Å². The molecule has 3 heteroatoms. The smallest absolute Gasteiger partial charge is 0.104 e. The molecule has 0 saturated carbocycles. The molecule has 92 valence electrons. The average molecular weight is 223 g/mol. The summed E-state index contributed by atoms with van der Waals surface area (Å²) < 4.78 is 0. The number of nitrogens with zero attached hydrogens (tertiary/aromatic N) is 2. The molecule has 0 bridgehead atoms. The number of likely N-dealkylation sites (tertiary alicyclic amines) is 1. The minimum Gasteiger partial charge on any atom is -0.303 e. The lowest BCUT2D eigenvalue weighted by molar-refractivity contribution is 0.192. The minimum atomic E-state index is -0.371. The largest absolute Gasteiger partial charge is 0.303 e. The number of nitriles is 1. The van der Waals surface area contributed by atoms with Crippen LogP contribution in [-0.2, 0) is 0 Å². The van der Waals surface area contributed by atoms with Gasteiger partial charge >= 0.3 is 0 Å². The molecule has 1 aliphatic rings. The lowest BCUT2D eigenvalue weighted by Gasteiger charge is -2.30. The van der Waals surface area contributed by atoms with Crippen LogP contribution in [0.4, 0.5) is 0 Å². The summed E-state index contributed by atoms with van der Waals surface area (Å²) in [6.07, 6.45) is 3.54. The first-order valence-corrected chi connectivity index (χ1v) is 6.36. The third-order valence-electron chi connectivity index (χ3n) is 3.88. The van der Waals surface area contributed by atoms with Gasteiger partial charge in [-0.05, 0) is 45.7 Å². The zero-order valence-electron chi connectivity index (χ0n) is 11.1. The zero-order valence-corrected chi connectivity index (χ0v) is 11.1. The maximum Gasteiger partial charge on any atom is 0.104 e. The Labute approximate surface area is 99.8 Å². The molecule has 0 spiro atoms. The highest BCUT2D eigenvalue weighted by atomic mass is 15.2. The van der Waals surface area contributed by atoms with Crippen LogP contribution >= 0.6 is 0 Å². The fraction of sp³-hybridized carbons (Fsp3) is 0.923. The second kappa shape index (κ2) is 5.65. The van der Waals surface area contributed by atoms with Crippen LogP contribution in [0.1, 0.15) is 40.0 Å². The highest BCUT2D eigenvalue weighted by Crippen LogP contribution is 2.24. The predicted octanol–water partition coefficient (Wildman–Crippen LogP) is 2.00. The van der Waals surface area contributed by atoms with Gasteiger partial charge in [-0.2, -0.15) is 5.26 Å². The highest BCUT2D eigenvalue weighted by molar-refractivity contribution is 5.03. The van der Waals surface area contributed by atoms with Gasteiger partial charge in [0, 0.05) is 12.6 Å². The predicted molar refractivity (Wildman–Crippen MR) is 67.1 cm³/mol. The van der Waals surface area contributed by atoms with E-state index in [4.69, 9.17) is 5.26 Å². The molecule has 0 aromatic carbocycles. The van der Waals surface area contributed by atoms with Gasteiger partial charge in [-0.3, -0.25) is 0 Å². The first-order valence-electron chi connectivity index (χ1n) is 6.36. The van der Waals surface area contributed by atoms with Crippen molar-refractivity contribution in [3.8, 4) is 6.07 Å². The van der Waals surface area contributed by atoms with E-state index in [1.54, 1.807) is 0 Å².